The van der Waals surface area contributed by atoms with Gasteiger partial charge in [-0.2, -0.15) is 5.10 Å². The van der Waals surface area contributed by atoms with Gasteiger partial charge in [0.05, 0.1) is 22.6 Å². The Morgan fingerprint density at radius 1 is 1.29 bits per heavy atom. The highest BCUT2D eigenvalue weighted by Crippen LogP contribution is 2.42. The third-order valence-electron chi connectivity index (χ3n) is 5.55. The second-order valence-electron chi connectivity index (χ2n) is 7.09. The van der Waals surface area contributed by atoms with E-state index in [4.69, 9.17) is 4.74 Å². The number of rotatable bonds is 4. The molecule has 1 N–H and O–H groups in total. The number of carboxylic acid groups (broad SMARTS) is 1. The Balaban J connectivity index is 1.53. The fourth-order valence-corrected chi connectivity index (χ4v) is 3.93. The fraction of sp³-hybridized carbons (Fsp3) is 0.389. The first-order valence-corrected chi connectivity index (χ1v) is 8.82. The molecule has 2 aliphatic rings. The van der Waals surface area contributed by atoms with Crippen LogP contribution in [0, 0.1) is 21.4 Å². The first-order valence-electron chi connectivity index (χ1n) is 8.82. The zero-order valence-corrected chi connectivity index (χ0v) is 14.9. The van der Waals surface area contributed by atoms with Gasteiger partial charge in [0.2, 0.25) is 0 Å². The molecule has 10 heteroatoms. The second-order valence-corrected chi connectivity index (χ2v) is 7.09. The molecule has 2 saturated heterocycles. The molecular weight excluding hydrogens is 368 g/mol. The first-order chi connectivity index (χ1) is 13.4. The number of nitro groups is 1. The number of aromatic nitrogens is 2. The van der Waals surface area contributed by atoms with Gasteiger partial charge in [-0.1, -0.05) is 0 Å². The summed E-state index contributed by atoms with van der Waals surface area (Å²) >= 11 is 0. The number of nitrogens with zero attached hydrogens (tertiary/aromatic N) is 4. The van der Waals surface area contributed by atoms with Crippen molar-refractivity contribution in [1.29, 1.82) is 0 Å². The summed E-state index contributed by atoms with van der Waals surface area (Å²) in [5.74, 6) is -1.47. The average molecular weight is 386 g/mol. The van der Waals surface area contributed by atoms with Crippen molar-refractivity contribution in [3.8, 4) is 5.69 Å². The molecule has 2 aromatic rings. The van der Waals surface area contributed by atoms with E-state index in [1.165, 1.54) is 21.7 Å². The number of carboxylic acids is 1. The molecule has 0 bridgehead atoms. The normalized spacial score (nSPS) is 24.0. The summed E-state index contributed by atoms with van der Waals surface area (Å²) in [4.78, 5) is 36.5. The number of fused-ring (bicyclic) bond motifs is 1. The van der Waals surface area contributed by atoms with Crippen LogP contribution in [0.5, 0.6) is 0 Å². The minimum Gasteiger partial charge on any atom is -0.481 e. The van der Waals surface area contributed by atoms with Gasteiger partial charge in [-0.3, -0.25) is 19.7 Å². The highest BCUT2D eigenvalue weighted by atomic mass is 16.6. The zero-order valence-electron chi connectivity index (χ0n) is 14.9. The van der Waals surface area contributed by atoms with Crippen LogP contribution in [0.4, 0.5) is 5.69 Å². The van der Waals surface area contributed by atoms with Gasteiger partial charge in [0.25, 0.3) is 11.6 Å². The van der Waals surface area contributed by atoms with E-state index in [1.807, 2.05) is 0 Å². The van der Waals surface area contributed by atoms with E-state index in [2.05, 4.69) is 5.10 Å². The largest absolute Gasteiger partial charge is 0.481 e. The molecule has 3 heterocycles. The number of benzene rings is 1. The van der Waals surface area contributed by atoms with Crippen LogP contribution in [0.3, 0.4) is 0 Å². The van der Waals surface area contributed by atoms with Crippen molar-refractivity contribution in [2.45, 2.75) is 6.42 Å². The maximum Gasteiger partial charge on any atom is 0.311 e. The molecule has 10 nitrogen and oxygen atoms in total. The average Bonchev–Trinajstić information content (AvgIpc) is 3.33. The SMILES string of the molecule is O=C(c1ccn(-c2ccc([N+](=O)[O-])cc2)n1)N1C[C@H]2COCC[C@@]2(C(=O)O)C1. The summed E-state index contributed by atoms with van der Waals surface area (Å²) in [7, 11) is 0. The van der Waals surface area contributed by atoms with Gasteiger partial charge in [-0.15, -0.1) is 0 Å². The molecule has 146 valence electrons. The van der Waals surface area contributed by atoms with Crippen molar-refractivity contribution in [3.63, 3.8) is 0 Å². The highest BCUT2D eigenvalue weighted by Gasteiger charge is 2.55. The maximum atomic E-state index is 12.9. The number of hydrogen-bond acceptors (Lipinski definition) is 6. The van der Waals surface area contributed by atoms with Crippen LogP contribution in [-0.4, -0.2) is 62.9 Å². The summed E-state index contributed by atoms with van der Waals surface area (Å²) in [6, 6.07) is 7.36. The molecule has 2 atom stereocenters. The van der Waals surface area contributed by atoms with Crippen LogP contribution in [0.2, 0.25) is 0 Å². The van der Waals surface area contributed by atoms with E-state index in [9.17, 15) is 24.8 Å². The standard InChI is InChI=1S/C18H18N4O6/c23-16(20-9-12-10-28-8-6-18(12,11-20)17(24)25)15-5-7-21(19-15)13-1-3-14(4-2-13)22(26)27/h1-5,7,12H,6,8-11H2,(H,24,25)/t12-,18+/m0/s1. The quantitative estimate of drug-likeness (QED) is 0.620. The number of hydrogen-bond donors (Lipinski definition) is 1. The third-order valence-corrected chi connectivity index (χ3v) is 5.55. The van der Waals surface area contributed by atoms with Crippen LogP contribution in [-0.2, 0) is 9.53 Å². The van der Waals surface area contributed by atoms with Crippen LogP contribution in [0.25, 0.3) is 5.69 Å². The molecule has 0 spiro atoms. The molecule has 1 amide bonds. The summed E-state index contributed by atoms with van der Waals surface area (Å²) in [5, 5.41) is 24.7. The number of ether oxygens (including phenoxy) is 1. The number of carbonyl (C=O) groups excluding carboxylic acids is 1. The van der Waals surface area contributed by atoms with Gasteiger partial charge in [0.1, 0.15) is 0 Å². The molecule has 28 heavy (non-hydrogen) atoms. The Hall–Kier alpha value is -3.27. The second kappa shape index (κ2) is 6.71. The van der Waals surface area contributed by atoms with E-state index in [-0.39, 0.29) is 29.8 Å². The summed E-state index contributed by atoms with van der Waals surface area (Å²) in [6.45, 7) is 1.15. The summed E-state index contributed by atoms with van der Waals surface area (Å²) in [5.41, 5.74) is -0.226. The lowest BCUT2D eigenvalue weighted by Gasteiger charge is -2.33. The van der Waals surface area contributed by atoms with Crippen LogP contribution in [0.15, 0.2) is 36.5 Å². The Bertz CT molecular complexity index is 940. The molecule has 0 radical (unpaired) electrons. The number of carbonyl (C=O) groups is 2. The van der Waals surface area contributed by atoms with E-state index >= 15 is 0 Å². The number of nitro benzene ring substituents is 1. The number of non-ortho nitro benzene ring substituents is 1. The minimum atomic E-state index is -0.963. The van der Waals surface area contributed by atoms with E-state index in [0.29, 0.717) is 31.9 Å². The summed E-state index contributed by atoms with van der Waals surface area (Å²) in [6.07, 6.45) is 1.97. The lowest BCUT2D eigenvalue weighted by molar-refractivity contribution is -0.384. The molecule has 1 aromatic carbocycles. The third kappa shape index (κ3) is 2.91. The monoisotopic (exact) mass is 386 g/mol. The minimum absolute atomic E-state index is 0.0342. The van der Waals surface area contributed by atoms with Crippen molar-refractivity contribution in [2.75, 3.05) is 26.3 Å². The zero-order chi connectivity index (χ0) is 19.9. The van der Waals surface area contributed by atoms with Gasteiger partial charge in [0, 0.05) is 43.9 Å². The number of likely N-dealkylation sites (tertiary alicyclic amines) is 1. The van der Waals surface area contributed by atoms with Crippen molar-refractivity contribution in [2.24, 2.45) is 11.3 Å². The smallest absolute Gasteiger partial charge is 0.311 e. The molecule has 0 unspecified atom stereocenters. The van der Waals surface area contributed by atoms with Gasteiger partial charge in [-0.25, -0.2) is 4.68 Å². The number of aliphatic carboxylic acids is 1. The Labute approximate surface area is 159 Å². The molecular formula is C18H18N4O6. The van der Waals surface area contributed by atoms with Crippen molar-refractivity contribution >= 4 is 17.6 Å². The van der Waals surface area contributed by atoms with Gasteiger partial charge in [0.15, 0.2) is 5.69 Å². The van der Waals surface area contributed by atoms with Gasteiger partial charge in [-0.05, 0) is 24.6 Å². The lowest BCUT2D eigenvalue weighted by atomic mass is 9.74. The maximum absolute atomic E-state index is 12.9. The van der Waals surface area contributed by atoms with Crippen LogP contribution in [0.1, 0.15) is 16.9 Å². The van der Waals surface area contributed by atoms with Gasteiger partial charge >= 0.3 is 5.97 Å². The first kappa shape index (κ1) is 18.1. The van der Waals surface area contributed by atoms with E-state index < -0.39 is 16.3 Å². The Morgan fingerprint density at radius 2 is 2.04 bits per heavy atom. The predicted molar refractivity (Wildman–Crippen MR) is 95.1 cm³/mol. The molecule has 0 aliphatic carbocycles. The predicted octanol–water partition coefficient (Wildman–Crippen LogP) is 1.34. The highest BCUT2D eigenvalue weighted by molar-refractivity contribution is 5.93. The molecule has 1 aromatic heterocycles. The van der Waals surface area contributed by atoms with Crippen molar-refractivity contribution in [3.05, 3.63) is 52.3 Å². The topological polar surface area (TPSA) is 128 Å². The van der Waals surface area contributed by atoms with E-state index in [0.717, 1.165) is 0 Å². The van der Waals surface area contributed by atoms with Crippen molar-refractivity contribution in [1.82, 2.24) is 14.7 Å². The summed E-state index contributed by atoms with van der Waals surface area (Å²) < 4.78 is 6.87. The van der Waals surface area contributed by atoms with E-state index in [1.54, 1.807) is 24.4 Å². The molecule has 4 rings (SSSR count). The van der Waals surface area contributed by atoms with Gasteiger partial charge < -0.3 is 14.7 Å². The molecule has 2 aliphatic heterocycles. The fourth-order valence-electron chi connectivity index (χ4n) is 3.93. The molecule has 2 fully saturated rings. The van der Waals surface area contributed by atoms with Crippen LogP contribution >= 0.6 is 0 Å². The number of amides is 1. The Morgan fingerprint density at radius 3 is 2.68 bits per heavy atom. The van der Waals surface area contributed by atoms with Crippen molar-refractivity contribution < 1.29 is 24.4 Å². The lowest BCUT2D eigenvalue weighted by Crippen LogP contribution is -2.45. The Kier molecular flexibility index (Phi) is 4.34. The molecule has 0 saturated carbocycles. The van der Waals surface area contributed by atoms with Crippen LogP contribution < -0.4 is 0 Å².